The van der Waals surface area contributed by atoms with E-state index in [0.717, 1.165) is 5.56 Å². The Morgan fingerprint density at radius 2 is 1.43 bits per heavy atom. The van der Waals surface area contributed by atoms with Crippen LogP contribution in [-0.2, 0) is 21.6 Å². The standard InChI is InChI=1S/C30H30N2O4S/c1-21-20-22(2)32-29(31-21)36-27(28(33)34)30(24-10-6-4-7-11-24,25-12-8-5-9-13-25)35-19-18-23-14-16-26(37-3)17-15-23/h4-17,20,27H,18-19H2,1-3H3,(H,33,34). The predicted molar refractivity (Wildman–Crippen MR) is 145 cm³/mol. The van der Waals surface area contributed by atoms with Crippen molar-refractivity contribution in [3.63, 3.8) is 0 Å². The summed E-state index contributed by atoms with van der Waals surface area (Å²) in [6, 6.07) is 28.8. The van der Waals surface area contributed by atoms with Gasteiger partial charge in [0.1, 0.15) is 0 Å². The highest BCUT2D eigenvalue weighted by atomic mass is 32.2. The number of carboxylic acid groups (broad SMARTS) is 1. The Kier molecular flexibility index (Phi) is 8.58. The van der Waals surface area contributed by atoms with Crippen molar-refractivity contribution in [2.75, 3.05) is 12.9 Å². The molecule has 1 aromatic heterocycles. The lowest BCUT2D eigenvalue weighted by atomic mass is 9.81. The largest absolute Gasteiger partial charge is 0.478 e. The van der Waals surface area contributed by atoms with E-state index >= 15 is 0 Å². The fourth-order valence-corrected chi connectivity index (χ4v) is 4.77. The average molecular weight is 515 g/mol. The minimum Gasteiger partial charge on any atom is -0.478 e. The number of rotatable bonds is 11. The number of nitrogens with zero attached hydrogens (tertiary/aromatic N) is 2. The number of aryl methyl sites for hydroxylation is 2. The van der Waals surface area contributed by atoms with Gasteiger partial charge in [0.05, 0.1) is 6.61 Å². The summed E-state index contributed by atoms with van der Waals surface area (Å²) in [4.78, 5) is 22.8. The summed E-state index contributed by atoms with van der Waals surface area (Å²) >= 11 is 1.69. The number of hydrogen-bond acceptors (Lipinski definition) is 6. The van der Waals surface area contributed by atoms with Crippen LogP contribution in [0.15, 0.2) is 95.9 Å². The fraction of sp³-hybridized carbons (Fsp3) is 0.233. The number of carbonyl (C=O) groups is 1. The van der Waals surface area contributed by atoms with E-state index in [1.807, 2.05) is 86.8 Å². The van der Waals surface area contributed by atoms with E-state index in [1.165, 1.54) is 4.90 Å². The summed E-state index contributed by atoms with van der Waals surface area (Å²) in [5.41, 5.74) is 2.33. The quantitative estimate of drug-likeness (QED) is 0.251. The molecule has 0 amide bonds. The van der Waals surface area contributed by atoms with Crippen LogP contribution in [0.25, 0.3) is 0 Å². The van der Waals surface area contributed by atoms with Crippen LogP contribution in [0.4, 0.5) is 0 Å². The topological polar surface area (TPSA) is 81.5 Å². The van der Waals surface area contributed by atoms with Gasteiger partial charge in [-0.25, -0.2) is 14.8 Å². The van der Waals surface area contributed by atoms with Gasteiger partial charge >= 0.3 is 12.0 Å². The Bertz CT molecular complexity index is 1260. The normalized spacial score (nSPS) is 12.2. The molecule has 1 unspecified atom stereocenters. The molecule has 0 aliphatic rings. The third-order valence-corrected chi connectivity index (χ3v) is 6.81. The molecule has 37 heavy (non-hydrogen) atoms. The molecule has 6 nitrogen and oxygen atoms in total. The zero-order valence-corrected chi connectivity index (χ0v) is 21.9. The minimum absolute atomic E-state index is 0.00242. The van der Waals surface area contributed by atoms with Gasteiger partial charge in [0.2, 0.25) is 6.10 Å². The molecule has 0 saturated carbocycles. The molecule has 0 spiro atoms. The van der Waals surface area contributed by atoms with Gasteiger partial charge in [0.25, 0.3) is 0 Å². The second kappa shape index (κ2) is 12.0. The number of benzene rings is 3. The Labute approximate surface area is 221 Å². The van der Waals surface area contributed by atoms with Crippen LogP contribution in [0.1, 0.15) is 28.1 Å². The first-order valence-electron chi connectivity index (χ1n) is 12.0. The van der Waals surface area contributed by atoms with Crippen LogP contribution < -0.4 is 4.74 Å². The molecule has 0 aliphatic carbocycles. The van der Waals surface area contributed by atoms with Crippen molar-refractivity contribution in [2.24, 2.45) is 0 Å². The fourth-order valence-electron chi connectivity index (χ4n) is 4.36. The van der Waals surface area contributed by atoms with Gasteiger partial charge in [-0.05, 0) is 61.4 Å². The van der Waals surface area contributed by atoms with Crippen molar-refractivity contribution in [2.45, 2.75) is 36.9 Å². The van der Waals surface area contributed by atoms with E-state index in [-0.39, 0.29) is 12.6 Å². The van der Waals surface area contributed by atoms with Crippen LogP contribution >= 0.6 is 11.8 Å². The van der Waals surface area contributed by atoms with Crippen LogP contribution in [0, 0.1) is 13.8 Å². The van der Waals surface area contributed by atoms with Gasteiger partial charge in [-0.3, -0.25) is 0 Å². The highest BCUT2D eigenvalue weighted by Gasteiger charge is 2.50. The second-order valence-electron chi connectivity index (χ2n) is 8.68. The highest BCUT2D eigenvalue weighted by Crippen LogP contribution is 2.39. The lowest BCUT2D eigenvalue weighted by molar-refractivity contribution is -0.164. The first kappa shape index (κ1) is 26.4. The van der Waals surface area contributed by atoms with Crippen LogP contribution in [0.5, 0.6) is 6.01 Å². The summed E-state index contributed by atoms with van der Waals surface area (Å²) in [6.45, 7) is 3.90. The van der Waals surface area contributed by atoms with Gasteiger partial charge in [-0.1, -0.05) is 72.8 Å². The molecule has 0 saturated heterocycles. The number of carboxylic acids is 1. The third-order valence-electron chi connectivity index (χ3n) is 6.06. The van der Waals surface area contributed by atoms with E-state index in [0.29, 0.717) is 28.9 Å². The SMILES string of the molecule is CSc1ccc(CCOC(c2ccccc2)(c2ccccc2)C(Oc2nc(C)cc(C)n2)C(=O)O)cc1. The summed E-state index contributed by atoms with van der Waals surface area (Å²) in [5.74, 6) is -1.18. The molecule has 7 heteroatoms. The van der Waals surface area contributed by atoms with Crippen molar-refractivity contribution in [3.05, 3.63) is 119 Å². The first-order valence-corrected chi connectivity index (χ1v) is 13.2. The zero-order chi connectivity index (χ0) is 26.3. The summed E-state index contributed by atoms with van der Waals surface area (Å²) < 4.78 is 12.7. The molecule has 1 atom stereocenters. The number of thioether (sulfide) groups is 1. The Hall–Kier alpha value is -3.68. The summed E-state index contributed by atoms with van der Waals surface area (Å²) in [7, 11) is 0. The molecular weight excluding hydrogens is 484 g/mol. The summed E-state index contributed by atoms with van der Waals surface area (Å²) in [5, 5.41) is 10.5. The number of ether oxygens (including phenoxy) is 2. The lowest BCUT2D eigenvalue weighted by Gasteiger charge is -2.39. The van der Waals surface area contributed by atoms with Crippen molar-refractivity contribution in [3.8, 4) is 6.01 Å². The van der Waals surface area contributed by atoms with Gasteiger partial charge in [0, 0.05) is 16.3 Å². The number of hydrogen-bond donors (Lipinski definition) is 1. The van der Waals surface area contributed by atoms with E-state index < -0.39 is 17.7 Å². The van der Waals surface area contributed by atoms with E-state index in [4.69, 9.17) is 9.47 Å². The Morgan fingerprint density at radius 1 is 0.892 bits per heavy atom. The Morgan fingerprint density at radius 3 is 1.92 bits per heavy atom. The van der Waals surface area contributed by atoms with Gasteiger partial charge in [0.15, 0.2) is 5.60 Å². The lowest BCUT2D eigenvalue weighted by Crippen LogP contribution is -2.51. The third kappa shape index (κ3) is 6.18. The number of aromatic nitrogens is 2. The van der Waals surface area contributed by atoms with E-state index in [2.05, 4.69) is 34.2 Å². The predicted octanol–water partition coefficient (Wildman–Crippen LogP) is 5.85. The van der Waals surface area contributed by atoms with Crippen LogP contribution in [0.2, 0.25) is 0 Å². The van der Waals surface area contributed by atoms with Crippen molar-refractivity contribution < 1.29 is 19.4 Å². The van der Waals surface area contributed by atoms with E-state index in [1.54, 1.807) is 11.8 Å². The second-order valence-corrected chi connectivity index (χ2v) is 9.56. The molecule has 0 bridgehead atoms. The van der Waals surface area contributed by atoms with Crippen molar-refractivity contribution >= 4 is 17.7 Å². The van der Waals surface area contributed by atoms with Gasteiger partial charge in [-0.2, -0.15) is 0 Å². The Balaban J connectivity index is 1.79. The van der Waals surface area contributed by atoms with Crippen LogP contribution in [-0.4, -0.2) is 40.0 Å². The molecule has 4 aromatic rings. The maximum Gasteiger partial charge on any atom is 0.348 e. The van der Waals surface area contributed by atoms with Crippen molar-refractivity contribution in [1.82, 2.24) is 9.97 Å². The molecule has 1 heterocycles. The maximum absolute atomic E-state index is 12.9. The zero-order valence-electron chi connectivity index (χ0n) is 21.1. The molecule has 0 fully saturated rings. The molecule has 4 rings (SSSR count). The van der Waals surface area contributed by atoms with Crippen LogP contribution in [0.3, 0.4) is 0 Å². The number of aliphatic carboxylic acids is 1. The molecule has 3 aromatic carbocycles. The van der Waals surface area contributed by atoms with Gasteiger partial charge < -0.3 is 14.6 Å². The van der Waals surface area contributed by atoms with Gasteiger partial charge in [-0.15, -0.1) is 11.8 Å². The molecule has 190 valence electrons. The maximum atomic E-state index is 12.9. The highest BCUT2D eigenvalue weighted by molar-refractivity contribution is 7.98. The molecule has 0 radical (unpaired) electrons. The minimum atomic E-state index is -1.46. The molecule has 1 N–H and O–H groups in total. The molecular formula is C30H30N2O4S. The monoisotopic (exact) mass is 514 g/mol. The molecule has 0 aliphatic heterocycles. The first-order chi connectivity index (χ1) is 17.9. The smallest absolute Gasteiger partial charge is 0.348 e. The van der Waals surface area contributed by atoms with E-state index in [9.17, 15) is 9.90 Å². The van der Waals surface area contributed by atoms with Crippen molar-refractivity contribution in [1.29, 1.82) is 0 Å². The summed E-state index contributed by atoms with van der Waals surface area (Å²) in [6.07, 6.45) is 1.18. The average Bonchev–Trinajstić information content (AvgIpc) is 2.91.